The smallest absolute Gasteiger partial charge is 0.225 e. The molecule has 2 aromatic heterocycles. The Labute approximate surface area is 152 Å². The van der Waals surface area contributed by atoms with Crippen molar-refractivity contribution >= 4 is 40.3 Å². The summed E-state index contributed by atoms with van der Waals surface area (Å²) >= 11 is 5.65. The van der Waals surface area contributed by atoms with E-state index in [9.17, 15) is 8.78 Å². The summed E-state index contributed by atoms with van der Waals surface area (Å²) in [6.45, 7) is 1.31. The fourth-order valence-corrected chi connectivity index (χ4v) is 2.96. The van der Waals surface area contributed by atoms with Crippen LogP contribution in [-0.4, -0.2) is 38.8 Å². The number of halogens is 3. The minimum atomic E-state index is -0.809. The van der Waals surface area contributed by atoms with E-state index in [0.717, 1.165) is 18.6 Å². The van der Waals surface area contributed by atoms with Crippen LogP contribution in [0, 0.1) is 11.6 Å². The Kier molecular flexibility index (Phi) is 4.33. The molecule has 0 spiro atoms. The van der Waals surface area contributed by atoms with E-state index >= 15 is 0 Å². The van der Waals surface area contributed by atoms with Gasteiger partial charge >= 0.3 is 0 Å². The molecular formula is C16H15ClF2N6O. The van der Waals surface area contributed by atoms with Crippen LogP contribution >= 0.6 is 11.6 Å². The molecule has 2 N–H and O–H groups in total. The van der Waals surface area contributed by atoms with E-state index in [1.807, 2.05) is 0 Å². The third kappa shape index (κ3) is 3.15. The summed E-state index contributed by atoms with van der Waals surface area (Å²) in [6, 6.07) is 2.22. The molecule has 0 amide bonds. The minimum Gasteiger partial charge on any atom is -0.379 e. The number of hydrogen-bond acceptors (Lipinski definition) is 6. The second-order valence-corrected chi connectivity index (χ2v) is 6.41. The van der Waals surface area contributed by atoms with Gasteiger partial charge in [-0.3, -0.25) is 4.57 Å². The first-order valence-electron chi connectivity index (χ1n) is 7.96. The zero-order valence-corrected chi connectivity index (χ0v) is 14.5. The first kappa shape index (κ1) is 16.9. The van der Waals surface area contributed by atoms with Crippen LogP contribution in [0.1, 0.15) is 6.42 Å². The molecule has 0 radical (unpaired) electrons. The number of anilines is 3. The normalized spacial score (nSPS) is 17.0. The van der Waals surface area contributed by atoms with Crippen LogP contribution in [0.2, 0.25) is 5.02 Å². The van der Waals surface area contributed by atoms with Crippen molar-refractivity contribution in [3.05, 3.63) is 35.0 Å². The van der Waals surface area contributed by atoms with E-state index in [4.69, 9.17) is 16.3 Å². The molecule has 10 heteroatoms. The zero-order valence-electron chi connectivity index (χ0n) is 13.8. The lowest BCUT2D eigenvalue weighted by atomic mass is 10.3. The molecular weight excluding hydrogens is 366 g/mol. The number of nitrogens with one attached hydrogen (secondary N) is 2. The molecule has 1 aliphatic rings. The van der Waals surface area contributed by atoms with Gasteiger partial charge in [0.1, 0.15) is 11.2 Å². The summed E-state index contributed by atoms with van der Waals surface area (Å²) in [7, 11) is 1.69. The predicted octanol–water partition coefficient (Wildman–Crippen LogP) is 3.24. The quantitative estimate of drug-likeness (QED) is 0.723. The fourth-order valence-electron chi connectivity index (χ4n) is 2.77. The Morgan fingerprint density at radius 1 is 1.27 bits per heavy atom. The third-order valence-electron chi connectivity index (χ3n) is 4.12. The highest BCUT2D eigenvalue weighted by Crippen LogP contribution is 2.27. The maximum atomic E-state index is 14.0. The maximum absolute atomic E-state index is 14.0. The second kappa shape index (κ2) is 6.65. The van der Waals surface area contributed by atoms with Gasteiger partial charge in [0.15, 0.2) is 17.3 Å². The molecule has 136 valence electrons. The van der Waals surface area contributed by atoms with E-state index in [0.29, 0.717) is 30.3 Å². The molecule has 1 atom stereocenters. The number of ether oxygens (including phenoxy) is 1. The monoisotopic (exact) mass is 380 g/mol. The van der Waals surface area contributed by atoms with Crippen LogP contribution in [-0.2, 0) is 11.8 Å². The van der Waals surface area contributed by atoms with E-state index in [2.05, 4.69) is 25.6 Å². The maximum Gasteiger partial charge on any atom is 0.225 e. The number of hydrogen-bond donors (Lipinski definition) is 2. The standard InChI is InChI=1S/C16H15ClF2N6O/c1-25-14-12(6-20-15(24-14)21-9-2-3-26-7-9)22-16(25)23-13-10(18)4-8(17)5-11(13)19/h4-6,9H,2-3,7H2,1H3,(H,22,23)(H,20,21,24)/t9-/m0/s1. The van der Waals surface area contributed by atoms with Crippen LogP contribution in [0.3, 0.4) is 0 Å². The molecule has 1 aliphatic heterocycles. The molecule has 1 saturated heterocycles. The van der Waals surface area contributed by atoms with Gasteiger partial charge in [0.2, 0.25) is 11.9 Å². The van der Waals surface area contributed by atoms with Crippen molar-refractivity contribution in [1.82, 2.24) is 19.5 Å². The molecule has 0 unspecified atom stereocenters. The van der Waals surface area contributed by atoms with Crippen molar-refractivity contribution in [2.75, 3.05) is 23.8 Å². The van der Waals surface area contributed by atoms with Gasteiger partial charge < -0.3 is 15.4 Å². The Balaban J connectivity index is 1.65. The average Bonchev–Trinajstić information content (AvgIpc) is 3.20. The summed E-state index contributed by atoms with van der Waals surface area (Å²) in [5, 5.41) is 5.83. The number of benzene rings is 1. The van der Waals surface area contributed by atoms with Crippen molar-refractivity contribution in [2.24, 2.45) is 7.05 Å². The van der Waals surface area contributed by atoms with Crippen LogP contribution in [0.4, 0.5) is 26.4 Å². The van der Waals surface area contributed by atoms with Gasteiger partial charge in [-0.15, -0.1) is 0 Å². The third-order valence-corrected chi connectivity index (χ3v) is 4.34. The van der Waals surface area contributed by atoms with Gasteiger partial charge in [-0.05, 0) is 18.6 Å². The van der Waals surface area contributed by atoms with E-state index in [1.165, 1.54) is 0 Å². The van der Waals surface area contributed by atoms with Crippen molar-refractivity contribution in [1.29, 1.82) is 0 Å². The van der Waals surface area contributed by atoms with Crippen molar-refractivity contribution in [2.45, 2.75) is 12.5 Å². The van der Waals surface area contributed by atoms with E-state index < -0.39 is 11.6 Å². The average molecular weight is 381 g/mol. The first-order valence-corrected chi connectivity index (χ1v) is 8.34. The fraction of sp³-hybridized carbons (Fsp3) is 0.312. The number of aryl methyl sites for hydroxylation is 1. The van der Waals surface area contributed by atoms with Crippen molar-refractivity contribution in [3.63, 3.8) is 0 Å². The van der Waals surface area contributed by atoms with Gasteiger partial charge in [0.05, 0.1) is 18.8 Å². The lowest BCUT2D eigenvalue weighted by Gasteiger charge is -2.10. The zero-order chi connectivity index (χ0) is 18.3. The van der Waals surface area contributed by atoms with Gasteiger partial charge in [-0.1, -0.05) is 11.6 Å². The molecule has 7 nitrogen and oxygen atoms in total. The summed E-state index contributed by atoms with van der Waals surface area (Å²) < 4.78 is 34.9. The highest BCUT2D eigenvalue weighted by Gasteiger charge is 2.19. The molecule has 0 bridgehead atoms. The molecule has 0 saturated carbocycles. The van der Waals surface area contributed by atoms with Crippen molar-refractivity contribution < 1.29 is 13.5 Å². The Bertz CT molecular complexity index is 950. The Hall–Kier alpha value is -2.52. The molecule has 26 heavy (non-hydrogen) atoms. The lowest BCUT2D eigenvalue weighted by molar-refractivity contribution is 0.195. The highest BCUT2D eigenvalue weighted by molar-refractivity contribution is 6.30. The van der Waals surface area contributed by atoms with Crippen LogP contribution in [0.5, 0.6) is 0 Å². The van der Waals surface area contributed by atoms with Crippen molar-refractivity contribution in [3.8, 4) is 0 Å². The molecule has 0 aliphatic carbocycles. The Morgan fingerprint density at radius 2 is 2.04 bits per heavy atom. The minimum absolute atomic E-state index is 0.0203. The highest BCUT2D eigenvalue weighted by atomic mass is 35.5. The number of aromatic nitrogens is 4. The van der Waals surface area contributed by atoms with Gasteiger partial charge in [0, 0.05) is 18.7 Å². The summed E-state index contributed by atoms with van der Waals surface area (Å²) in [6.07, 6.45) is 2.44. The van der Waals surface area contributed by atoms with Gasteiger partial charge in [-0.2, -0.15) is 4.98 Å². The first-order chi connectivity index (χ1) is 12.5. The number of fused-ring (bicyclic) bond motifs is 1. The number of nitrogens with zero attached hydrogens (tertiary/aromatic N) is 4. The Morgan fingerprint density at radius 3 is 2.73 bits per heavy atom. The molecule has 3 heterocycles. The lowest BCUT2D eigenvalue weighted by Crippen LogP contribution is -2.20. The van der Waals surface area contributed by atoms with Crippen LogP contribution in [0.15, 0.2) is 18.3 Å². The van der Waals surface area contributed by atoms with E-state index in [-0.39, 0.29) is 22.7 Å². The van der Waals surface area contributed by atoms with Gasteiger partial charge in [0.25, 0.3) is 0 Å². The summed E-state index contributed by atoms with van der Waals surface area (Å²) in [5.74, 6) is -0.935. The molecule has 1 aromatic carbocycles. The topological polar surface area (TPSA) is 76.9 Å². The largest absolute Gasteiger partial charge is 0.379 e. The van der Waals surface area contributed by atoms with Gasteiger partial charge in [-0.25, -0.2) is 18.7 Å². The number of rotatable bonds is 4. The van der Waals surface area contributed by atoms with E-state index in [1.54, 1.807) is 17.8 Å². The number of imidazole rings is 1. The van der Waals surface area contributed by atoms with Crippen LogP contribution in [0.25, 0.3) is 11.2 Å². The molecule has 4 rings (SSSR count). The predicted molar refractivity (Wildman–Crippen MR) is 93.8 cm³/mol. The van der Waals surface area contributed by atoms with Crippen LogP contribution < -0.4 is 10.6 Å². The SMILES string of the molecule is Cn1c(Nc2c(F)cc(Cl)cc2F)nc2cnc(N[C@H]3CCOC3)nc21. The second-order valence-electron chi connectivity index (χ2n) is 5.97. The summed E-state index contributed by atoms with van der Waals surface area (Å²) in [5.41, 5.74) is 0.693. The molecule has 1 fully saturated rings. The molecule has 3 aromatic rings. The summed E-state index contributed by atoms with van der Waals surface area (Å²) in [4.78, 5) is 13.0.